The lowest BCUT2D eigenvalue weighted by molar-refractivity contribution is 0.0420. The zero-order valence-corrected chi connectivity index (χ0v) is 19.1. The summed E-state index contributed by atoms with van der Waals surface area (Å²) < 4.78 is 5.66. The van der Waals surface area contributed by atoms with E-state index in [9.17, 15) is 9.59 Å². The van der Waals surface area contributed by atoms with E-state index in [1.54, 1.807) is 12.1 Å². The van der Waals surface area contributed by atoms with Gasteiger partial charge in [0.15, 0.2) is 0 Å². The van der Waals surface area contributed by atoms with Crippen molar-refractivity contribution in [1.29, 1.82) is 0 Å². The van der Waals surface area contributed by atoms with Crippen molar-refractivity contribution in [3.8, 4) is 0 Å². The molecule has 4 nitrogen and oxygen atoms in total. The van der Waals surface area contributed by atoms with Gasteiger partial charge in [0.1, 0.15) is 0 Å². The fraction of sp³-hybridized carbons (Fsp3) is 0.579. The number of ether oxygens (including phenoxy) is 1. The highest BCUT2D eigenvalue weighted by atomic mass is 79.9. The third-order valence-corrected chi connectivity index (χ3v) is 4.83. The first-order chi connectivity index (χ1) is 12.4. The normalized spacial score (nSPS) is 11.5. The maximum atomic E-state index is 12.0. The van der Waals surface area contributed by atoms with E-state index in [0.29, 0.717) is 22.1 Å². The Kier molecular flexibility index (Phi) is 15.1. The smallest absolute Gasteiger partial charge is 0.339 e. The van der Waals surface area contributed by atoms with Crippen LogP contribution in [0, 0.1) is 5.92 Å². The topological polar surface area (TPSA) is 63.6 Å². The number of unbranched alkanes of at least 4 members (excludes halogenated alkanes) is 1. The molecule has 0 heterocycles. The summed E-state index contributed by atoms with van der Waals surface area (Å²) in [6.45, 7) is 4.55. The van der Waals surface area contributed by atoms with Crippen LogP contribution >= 0.6 is 43.5 Å². The maximum absolute atomic E-state index is 12.0. The molecule has 148 valence electrons. The minimum Gasteiger partial charge on any atom is -0.478 e. The third-order valence-electron chi connectivity index (χ3n) is 3.70. The molecule has 26 heavy (non-hydrogen) atoms. The first-order valence-electron chi connectivity index (χ1n) is 8.70. The summed E-state index contributed by atoms with van der Waals surface area (Å²) in [5.41, 5.74) is 0.101. The Hall–Kier alpha value is -0.590. The highest BCUT2D eigenvalue weighted by Crippen LogP contribution is 2.15. The first-order valence-corrected chi connectivity index (χ1v) is 11.1. The second-order valence-corrected chi connectivity index (χ2v) is 9.55. The van der Waals surface area contributed by atoms with Gasteiger partial charge in [0, 0.05) is 5.88 Å². The van der Waals surface area contributed by atoms with Crippen LogP contribution in [0.15, 0.2) is 24.3 Å². The number of halogens is 3. The molecule has 1 atom stereocenters. The number of aromatic carboxylic acids is 1. The van der Waals surface area contributed by atoms with Gasteiger partial charge >= 0.3 is 11.9 Å². The van der Waals surface area contributed by atoms with Crippen molar-refractivity contribution in [2.24, 2.45) is 5.92 Å². The maximum Gasteiger partial charge on any atom is 0.339 e. The second-order valence-electron chi connectivity index (χ2n) is 5.73. The van der Waals surface area contributed by atoms with Crippen molar-refractivity contribution in [1.82, 2.24) is 0 Å². The Morgan fingerprint density at radius 2 is 1.77 bits per heavy atom. The van der Waals surface area contributed by atoms with Crippen molar-refractivity contribution in [2.45, 2.75) is 49.7 Å². The van der Waals surface area contributed by atoms with Gasteiger partial charge in [0.2, 0.25) is 0 Å². The van der Waals surface area contributed by atoms with Gasteiger partial charge in [0.05, 0.1) is 21.5 Å². The summed E-state index contributed by atoms with van der Waals surface area (Å²) in [4.78, 5) is 23.0. The molecule has 0 spiro atoms. The molecule has 1 aromatic carbocycles. The van der Waals surface area contributed by atoms with Gasteiger partial charge in [-0.05, 0) is 30.9 Å². The molecular formula is C19H27Br2ClO4. The lowest BCUT2D eigenvalue weighted by Gasteiger charge is -2.15. The van der Waals surface area contributed by atoms with E-state index >= 15 is 0 Å². The number of carbonyl (C=O) groups is 2. The molecule has 0 radical (unpaired) electrons. The van der Waals surface area contributed by atoms with Crippen LogP contribution in [0.1, 0.15) is 66.7 Å². The molecule has 0 amide bonds. The molecule has 0 aromatic heterocycles. The van der Waals surface area contributed by atoms with E-state index < -0.39 is 11.9 Å². The molecule has 1 unspecified atom stereocenters. The molecule has 0 bridgehead atoms. The van der Waals surface area contributed by atoms with Crippen LogP contribution in [0.2, 0.25) is 0 Å². The number of carboxylic acids is 1. The van der Waals surface area contributed by atoms with Gasteiger partial charge in [-0.1, -0.05) is 77.1 Å². The van der Waals surface area contributed by atoms with Gasteiger partial charge in [-0.3, -0.25) is 0 Å². The minimum absolute atomic E-state index is 0.0147. The Morgan fingerprint density at radius 1 is 1.15 bits per heavy atom. The molecule has 1 rings (SSSR count). The number of hydrogen-bond donors (Lipinski definition) is 1. The predicted octanol–water partition coefficient (Wildman–Crippen LogP) is 6.49. The van der Waals surface area contributed by atoms with Gasteiger partial charge < -0.3 is 9.84 Å². The van der Waals surface area contributed by atoms with Crippen LogP contribution in [0.25, 0.3) is 0 Å². The largest absolute Gasteiger partial charge is 0.478 e. The fourth-order valence-corrected chi connectivity index (χ4v) is 3.30. The van der Waals surface area contributed by atoms with E-state index in [-0.39, 0.29) is 11.1 Å². The van der Waals surface area contributed by atoms with Crippen LogP contribution in [0.3, 0.4) is 0 Å². The lowest BCUT2D eigenvalue weighted by Crippen LogP contribution is -2.16. The SMILES string of the molecule is CCCCC(CC)COC(=O)c1ccccc1C(=O)O.ClCCC(Br)Br. The van der Waals surface area contributed by atoms with E-state index in [0.717, 1.165) is 32.1 Å². The van der Waals surface area contributed by atoms with E-state index in [1.165, 1.54) is 12.1 Å². The molecule has 0 aliphatic heterocycles. The van der Waals surface area contributed by atoms with Crippen LogP contribution in [-0.4, -0.2) is 33.3 Å². The van der Waals surface area contributed by atoms with E-state index in [2.05, 4.69) is 45.7 Å². The molecular weight excluding hydrogens is 487 g/mol. The molecule has 0 saturated carbocycles. The number of alkyl halides is 3. The molecule has 0 fully saturated rings. The molecule has 1 N–H and O–H groups in total. The summed E-state index contributed by atoms with van der Waals surface area (Å²) in [7, 11) is 0. The highest BCUT2D eigenvalue weighted by molar-refractivity contribution is 9.24. The average Bonchev–Trinajstić information content (AvgIpc) is 2.62. The Morgan fingerprint density at radius 3 is 2.19 bits per heavy atom. The summed E-state index contributed by atoms with van der Waals surface area (Å²) in [6, 6.07) is 6.12. The number of benzene rings is 1. The van der Waals surface area contributed by atoms with Gasteiger partial charge in [-0.2, -0.15) is 0 Å². The van der Waals surface area contributed by atoms with E-state index in [1.807, 2.05) is 0 Å². The minimum atomic E-state index is -1.12. The van der Waals surface area contributed by atoms with Gasteiger partial charge in [-0.15, -0.1) is 11.6 Å². The van der Waals surface area contributed by atoms with E-state index in [4.69, 9.17) is 21.4 Å². The van der Waals surface area contributed by atoms with Gasteiger partial charge in [-0.25, -0.2) is 9.59 Å². The van der Waals surface area contributed by atoms with Crippen molar-refractivity contribution in [3.05, 3.63) is 35.4 Å². The van der Waals surface area contributed by atoms with Crippen molar-refractivity contribution in [2.75, 3.05) is 12.5 Å². The standard InChI is InChI=1S/C16H22O4.C3H5Br2Cl/c1-3-5-8-12(4-2)11-20-16(19)14-10-7-6-9-13(14)15(17)18;4-3(5)1-2-6/h6-7,9-10,12H,3-5,8,11H2,1-2H3,(H,17,18);3H,1-2H2. The first kappa shape index (κ1) is 25.4. The number of carboxylic acid groups (broad SMARTS) is 1. The second kappa shape index (κ2) is 15.5. The van der Waals surface area contributed by atoms with Crippen LogP contribution < -0.4 is 0 Å². The highest BCUT2D eigenvalue weighted by Gasteiger charge is 2.18. The summed E-state index contributed by atoms with van der Waals surface area (Å²) in [6.07, 6.45) is 5.18. The number of esters is 1. The molecule has 0 aliphatic carbocycles. The zero-order valence-electron chi connectivity index (χ0n) is 15.2. The summed E-state index contributed by atoms with van der Waals surface area (Å²) >= 11 is 11.9. The van der Waals surface area contributed by atoms with Crippen molar-refractivity contribution >= 4 is 55.4 Å². The van der Waals surface area contributed by atoms with Crippen LogP contribution in [0.4, 0.5) is 0 Å². The third kappa shape index (κ3) is 11.2. The molecule has 7 heteroatoms. The van der Waals surface area contributed by atoms with Crippen LogP contribution in [-0.2, 0) is 4.74 Å². The Balaban J connectivity index is 0.000000896. The number of rotatable bonds is 10. The zero-order chi connectivity index (χ0) is 19.9. The monoisotopic (exact) mass is 512 g/mol. The Bertz CT molecular complexity index is 538. The summed E-state index contributed by atoms with van der Waals surface area (Å²) in [5, 5.41) is 9.05. The Labute approximate surface area is 177 Å². The lowest BCUT2D eigenvalue weighted by atomic mass is 10.0. The number of carbonyl (C=O) groups excluding carboxylic acids is 1. The predicted molar refractivity (Wildman–Crippen MR) is 114 cm³/mol. The van der Waals surface area contributed by atoms with Gasteiger partial charge in [0.25, 0.3) is 0 Å². The fourth-order valence-electron chi connectivity index (χ4n) is 2.10. The van der Waals surface area contributed by atoms with Crippen LogP contribution in [0.5, 0.6) is 0 Å². The molecule has 0 aliphatic rings. The average molecular weight is 515 g/mol. The van der Waals surface area contributed by atoms with Crippen molar-refractivity contribution < 1.29 is 19.4 Å². The molecule has 1 aromatic rings. The number of hydrogen-bond acceptors (Lipinski definition) is 3. The summed E-state index contributed by atoms with van der Waals surface area (Å²) in [5.74, 6) is -0.620. The quantitative estimate of drug-likeness (QED) is 0.286. The molecule has 0 saturated heterocycles. The van der Waals surface area contributed by atoms with Crippen molar-refractivity contribution in [3.63, 3.8) is 0 Å².